The molecule has 0 aliphatic heterocycles. The zero-order valence-electron chi connectivity index (χ0n) is 10.0. The van der Waals surface area contributed by atoms with Crippen LogP contribution >= 0.6 is 0 Å². The lowest BCUT2D eigenvalue weighted by molar-refractivity contribution is 0.316. The first-order valence-electron chi connectivity index (χ1n) is 6.36. The van der Waals surface area contributed by atoms with Crippen LogP contribution in [0.2, 0.25) is 0 Å². The lowest BCUT2D eigenvalue weighted by atomic mass is 9.85. The molecule has 1 aromatic rings. The number of hydrogen-bond donors (Lipinski definition) is 1. The molecule has 2 heteroatoms. The van der Waals surface area contributed by atoms with Crippen molar-refractivity contribution < 1.29 is 4.74 Å². The Bertz CT molecular complexity index is 320. The molecule has 2 rings (SSSR count). The minimum absolute atomic E-state index is 0.794. The molecule has 1 saturated carbocycles. The molecule has 0 saturated heterocycles. The van der Waals surface area contributed by atoms with Crippen LogP contribution in [0.25, 0.3) is 0 Å². The van der Waals surface area contributed by atoms with Crippen molar-refractivity contribution in [1.82, 2.24) is 0 Å². The molecule has 88 valence electrons. The van der Waals surface area contributed by atoms with Gasteiger partial charge in [-0.3, -0.25) is 0 Å². The van der Waals surface area contributed by atoms with Gasteiger partial charge in [0.15, 0.2) is 0 Å². The molecule has 0 heterocycles. The normalized spacial score (nSPS) is 15.6. The molecule has 0 radical (unpaired) electrons. The van der Waals surface area contributed by atoms with Gasteiger partial charge in [-0.1, -0.05) is 25.5 Å². The van der Waals surface area contributed by atoms with Crippen molar-refractivity contribution in [2.24, 2.45) is 5.92 Å². The van der Waals surface area contributed by atoms with Crippen LogP contribution in [0.15, 0.2) is 24.3 Å². The van der Waals surface area contributed by atoms with E-state index in [1.165, 1.54) is 19.3 Å². The Hall–Kier alpha value is -1.18. The molecule has 0 spiro atoms. The van der Waals surface area contributed by atoms with Crippen LogP contribution in [0.4, 0.5) is 5.69 Å². The standard InChI is InChI=1S/C14H21NO/c1-2-10-16-14-9-4-3-8-13(14)15-11-12-6-5-7-12/h3-4,8-9,12,15H,2,5-7,10-11H2,1H3. The van der Waals surface area contributed by atoms with Gasteiger partial charge >= 0.3 is 0 Å². The second kappa shape index (κ2) is 5.78. The number of para-hydroxylation sites is 2. The Kier molecular flexibility index (Phi) is 4.09. The molecule has 1 aliphatic carbocycles. The average molecular weight is 219 g/mol. The van der Waals surface area contributed by atoms with E-state index in [0.717, 1.165) is 36.9 Å². The van der Waals surface area contributed by atoms with Crippen molar-refractivity contribution in [3.8, 4) is 5.75 Å². The summed E-state index contributed by atoms with van der Waals surface area (Å²) in [6.45, 7) is 4.01. The van der Waals surface area contributed by atoms with Gasteiger partial charge in [0.05, 0.1) is 12.3 Å². The number of rotatable bonds is 6. The number of anilines is 1. The SMILES string of the molecule is CCCOc1ccccc1NCC1CCC1. The maximum Gasteiger partial charge on any atom is 0.142 e. The summed E-state index contributed by atoms with van der Waals surface area (Å²) < 4.78 is 5.71. The van der Waals surface area contributed by atoms with Gasteiger partial charge in [-0.2, -0.15) is 0 Å². The van der Waals surface area contributed by atoms with Crippen molar-refractivity contribution in [1.29, 1.82) is 0 Å². The van der Waals surface area contributed by atoms with Crippen LogP contribution in [0.1, 0.15) is 32.6 Å². The zero-order valence-corrected chi connectivity index (χ0v) is 10.0. The van der Waals surface area contributed by atoms with Crippen molar-refractivity contribution in [2.45, 2.75) is 32.6 Å². The molecule has 0 aromatic heterocycles. The number of benzene rings is 1. The molecule has 1 aliphatic rings. The highest BCUT2D eigenvalue weighted by molar-refractivity contribution is 5.56. The minimum atomic E-state index is 0.794. The highest BCUT2D eigenvalue weighted by Crippen LogP contribution is 2.29. The molecule has 0 bridgehead atoms. The van der Waals surface area contributed by atoms with E-state index in [9.17, 15) is 0 Å². The van der Waals surface area contributed by atoms with Crippen LogP contribution in [0, 0.1) is 5.92 Å². The summed E-state index contributed by atoms with van der Waals surface area (Å²) in [5, 5.41) is 3.50. The molecule has 16 heavy (non-hydrogen) atoms. The Morgan fingerprint density at radius 3 is 2.81 bits per heavy atom. The monoisotopic (exact) mass is 219 g/mol. The summed E-state index contributed by atoms with van der Waals surface area (Å²) in [5.41, 5.74) is 1.14. The molecule has 0 unspecified atom stereocenters. The predicted octanol–water partition coefficient (Wildman–Crippen LogP) is 3.69. The molecule has 0 atom stereocenters. The lowest BCUT2D eigenvalue weighted by Gasteiger charge is -2.26. The van der Waals surface area contributed by atoms with Crippen LogP contribution in [0.5, 0.6) is 5.75 Å². The van der Waals surface area contributed by atoms with Gasteiger partial charge < -0.3 is 10.1 Å². The van der Waals surface area contributed by atoms with E-state index in [2.05, 4.69) is 24.4 Å². The molecule has 2 nitrogen and oxygen atoms in total. The van der Waals surface area contributed by atoms with Gasteiger partial charge in [0.2, 0.25) is 0 Å². The van der Waals surface area contributed by atoms with E-state index in [1.807, 2.05) is 12.1 Å². The highest BCUT2D eigenvalue weighted by atomic mass is 16.5. The summed E-state index contributed by atoms with van der Waals surface area (Å²) in [7, 11) is 0. The van der Waals surface area contributed by atoms with Crippen LogP contribution in [0.3, 0.4) is 0 Å². The van der Waals surface area contributed by atoms with E-state index < -0.39 is 0 Å². The fraction of sp³-hybridized carbons (Fsp3) is 0.571. The van der Waals surface area contributed by atoms with Crippen LogP contribution < -0.4 is 10.1 Å². The molecule has 0 amide bonds. The van der Waals surface area contributed by atoms with E-state index >= 15 is 0 Å². The second-order valence-electron chi connectivity index (χ2n) is 4.52. The summed E-state index contributed by atoms with van der Waals surface area (Å²) in [6.07, 6.45) is 5.22. The van der Waals surface area contributed by atoms with Gasteiger partial charge in [-0.05, 0) is 37.3 Å². The smallest absolute Gasteiger partial charge is 0.142 e. The maximum absolute atomic E-state index is 5.71. The summed E-state index contributed by atoms with van der Waals surface area (Å²) in [5.74, 6) is 1.86. The highest BCUT2D eigenvalue weighted by Gasteiger charge is 2.17. The Labute approximate surface area is 98.0 Å². The van der Waals surface area contributed by atoms with E-state index in [0.29, 0.717) is 0 Å². The molecule has 1 aromatic carbocycles. The summed E-state index contributed by atoms with van der Waals surface area (Å²) >= 11 is 0. The number of ether oxygens (including phenoxy) is 1. The van der Waals surface area contributed by atoms with Gasteiger partial charge in [0.1, 0.15) is 5.75 Å². The second-order valence-corrected chi connectivity index (χ2v) is 4.52. The van der Waals surface area contributed by atoms with Crippen LogP contribution in [-0.4, -0.2) is 13.2 Å². The number of nitrogens with one attached hydrogen (secondary N) is 1. The topological polar surface area (TPSA) is 21.3 Å². The third-order valence-electron chi connectivity index (χ3n) is 3.15. The summed E-state index contributed by atoms with van der Waals surface area (Å²) in [6, 6.07) is 8.23. The van der Waals surface area contributed by atoms with E-state index in [4.69, 9.17) is 4.74 Å². The van der Waals surface area contributed by atoms with Crippen molar-refractivity contribution in [2.75, 3.05) is 18.5 Å². The molecular formula is C14H21NO. The molecule has 1 N–H and O–H groups in total. The average Bonchev–Trinajstić information content (AvgIpc) is 2.26. The van der Waals surface area contributed by atoms with Gasteiger partial charge in [0, 0.05) is 6.54 Å². The van der Waals surface area contributed by atoms with E-state index in [1.54, 1.807) is 0 Å². The van der Waals surface area contributed by atoms with Crippen molar-refractivity contribution >= 4 is 5.69 Å². The first kappa shape index (κ1) is 11.3. The largest absolute Gasteiger partial charge is 0.491 e. The third kappa shape index (κ3) is 2.91. The fourth-order valence-corrected chi connectivity index (χ4v) is 1.90. The van der Waals surface area contributed by atoms with Gasteiger partial charge in [0.25, 0.3) is 0 Å². The van der Waals surface area contributed by atoms with E-state index in [-0.39, 0.29) is 0 Å². The summed E-state index contributed by atoms with van der Waals surface area (Å²) in [4.78, 5) is 0. The Balaban J connectivity index is 1.89. The molecule has 1 fully saturated rings. The quantitative estimate of drug-likeness (QED) is 0.788. The van der Waals surface area contributed by atoms with Crippen molar-refractivity contribution in [3.05, 3.63) is 24.3 Å². The number of hydrogen-bond acceptors (Lipinski definition) is 2. The third-order valence-corrected chi connectivity index (χ3v) is 3.15. The fourth-order valence-electron chi connectivity index (χ4n) is 1.90. The lowest BCUT2D eigenvalue weighted by Crippen LogP contribution is -2.21. The zero-order chi connectivity index (χ0) is 11.2. The predicted molar refractivity (Wildman–Crippen MR) is 68.1 cm³/mol. The Morgan fingerprint density at radius 2 is 2.12 bits per heavy atom. The van der Waals surface area contributed by atoms with Gasteiger partial charge in [-0.25, -0.2) is 0 Å². The molecular weight excluding hydrogens is 198 g/mol. The Morgan fingerprint density at radius 1 is 1.31 bits per heavy atom. The first-order valence-corrected chi connectivity index (χ1v) is 6.36. The maximum atomic E-state index is 5.71. The van der Waals surface area contributed by atoms with Crippen molar-refractivity contribution in [3.63, 3.8) is 0 Å². The first-order chi connectivity index (χ1) is 7.90. The van der Waals surface area contributed by atoms with Gasteiger partial charge in [-0.15, -0.1) is 0 Å². The van der Waals surface area contributed by atoms with Crippen LogP contribution in [-0.2, 0) is 0 Å². The minimum Gasteiger partial charge on any atom is -0.491 e.